The van der Waals surface area contributed by atoms with Gasteiger partial charge in [0.2, 0.25) is 15.8 Å². The van der Waals surface area contributed by atoms with Crippen LogP contribution in [0.4, 0.5) is 0 Å². The summed E-state index contributed by atoms with van der Waals surface area (Å²) in [6.45, 7) is 2.09. The Morgan fingerprint density at radius 2 is 1.68 bits per heavy atom. The van der Waals surface area contributed by atoms with Crippen LogP contribution < -0.4 is 16.4 Å². The molecule has 0 fully saturated rings. The molecule has 0 saturated heterocycles. The molecule has 5 aromatic rings. The maximum atomic E-state index is 13.4. The van der Waals surface area contributed by atoms with Crippen LogP contribution in [-0.4, -0.2) is 31.5 Å². The van der Waals surface area contributed by atoms with Crippen molar-refractivity contribution in [2.45, 2.75) is 24.8 Å². The minimum atomic E-state index is -3.82. The highest BCUT2D eigenvalue weighted by Gasteiger charge is 2.21. The van der Waals surface area contributed by atoms with Crippen molar-refractivity contribution in [1.82, 2.24) is 23.1 Å². The van der Waals surface area contributed by atoms with Crippen LogP contribution in [0.15, 0.2) is 75.3 Å². The molecule has 2 aromatic carbocycles. The molecule has 0 spiro atoms. The highest BCUT2D eigenvalue weighted by Crippen LogP contribution is 2.22. The number of nitrogens with zero attached hydrogens (tertiary/aromatic N) is 5. The Hall–Kier alpha value is -3.96. The van der Waals surface area contributed by atoms with Gasteiger partial charge in [0.1, 0.15) is 0 Å². The number of primary sulfonamides is 1. The predicted octanol–water partition coefficient (Wildman–Crippen LogP) is 1.34. The van der Waals surface area contributed by atoms with Crippen LogP contribution in [0.3, 0.4) is 0 Å². The van der Waals surface area contributed by atoms with Crippen LogP contribution in [0.25, 0.3) is 22.6 Å². The summed E-state index contributed by atoms with van der Waals surface area (Å²) in [5, 5.41) is 5.20. The molecule has 0 aliphatic rings. The van der Waals surface area contributed by atoms with Gasteiger partial charge in [-0.05, 0) is 43.2 Å². The monoisotopic (exact) mass is 478 g/mol. The van der Waals surface area contributed by atoms with E-state index in [1.54, 1.807) is 34.3 Å². The van der Waals surface area contributed by atoms with Crippen LogP contribution in [-0.2, 0) is 30.0 Å². The topological polar surface area (TPSA) is 126 Å². The smallest absolute Gasteiger partial charge is 0.283 e. The van der Waals surface area contributed by atoms with Gasteiger partial charge in [0.25, 0.3) is 5.56 Å². The Kier molecular flexibility index (Phi) is 5.03. The van der Waals surface area contributed by atoms with E-state index in [2.05, 4.69) is 4.98 Å². The average Bonchev–Trinajstić information content (AvgIpc) is 3.32. The second-order valence-corrected chi connectivity index (χ2v) is 9.69. The van der Waals surface area contributed by atoms with E-state index in [1.807, 2.05) is 37.3 Å². The molecule has 0 radical (unpaired) electrons. The number of fused-ring (bicyclic) bond motifs is 3. The Labute approximate surface area is 194 Å². The third-order valence-corrected chi connectivity index (χ3v) is 6.85. The largest absolute Gasteiger partial charge is 0.332 e. The summed E-state index contributed by atoms with van der Waals surface area (Å²) in [7, 11) is -2.23. The van der Waals surface area contributed by atoms with Gasteiger partial charge in [-0.3, -0.25) is 22.9 Å². The van der Waals surface area contributed by atoms with Crippen molar-refractivity contribution in [1.29, 1.82) is 0 Å². The number of aromatic nitrogens is 5. The number of hydrogen-bond donors (Lipinski definition) is 1. The number of imidazole rings is 2. The molecule has 0 aliphatic carbocycles. The zero-order valence-corrected chi connectivity index (χ0v) is 19.4. The molecule has 34 heavy (non-hydrogen) atoms. The van der Waals surface area contributed by atoms with Crippen molar-refractivity contribution in [2.75, 3.05) is 0 Å². The van der Waals surface area contributed by atoms with Crippen LogP contribution in [0.1, 0.15) is 11.3 Å². The van der Waals surface area contributed by atoms with E-state index in [1.165, 1.54) is 21.3 Å². The van der Waals surface area contributed by atoms with Crippen molar-refractivity contribution in [3.63, 3.8) is 0 Å². The van der Waals surface area contributed by atoms with Crippen molar-refractivity contribution < 1.29 is 8.42 Å². The van der Waals surface area contributed by atoms with E-state index in [4.69, 9.17) is 5.14 Å². The first-order valence-corrected chi connectivity index (χ1v) is 12.1. The van der Waals surface area contributed by atoms with E-state index in [-0.39, 0.29) is 17.1 Å². The van der Waals surface area contributed by atoms with Crippen LogP contribution >= 0.6 is 0 Å². The maximum absolute atomic E-state index is 13.4. The van der Waals surface area contributed by atoms with Gasteiger partial charge in [0.15, 0.2) is 11.2 Å². The van der Waals surface area contributed by atoms with E-state index in [9.17, 15) is 18.0 Å². The molecule has 11 heteroatoms. The molecule has 0 saturated carbocycles. The zero-order chi connectivity index (χ0) is 24.2. The van der Waals surface area contributed by atoms with Crippen LogP contribution in [0.2, 0.25) is 0 Å². The SMILES string of the molecule is Cc1cn2c3c(=O)n(CCc4ccccc4)c(=O)n(C)c3nc2n1-c1ccc(S(N)(=O)=O)cc1. The average molecular weight is 479 g/mol. The first-order chi connectivity index (χ1) is 16.2. The summed E-state index contributed by atoms with van der Waals surface area (Å²) >= 11 is 0. The van der Waals surface area contributed by atoms with Crippen molar-refractivity contribution in [2.24, 2.45) is 12.2 Å². The molecule has 0 bridgehead atoms. The quantitative estimate of drug-likeness (QED) is 0.408. The fourth-order valence-electron chi connectivity index (χ4n) is 4.20. The molecule has 10 nitrogen and oxygen atoms in total. The summed E-state index contributed by atoms with van der Waals surface area (Å²) in [4.78, 5) is 31.0. The fourth-order valence-corrected chi connectivity index (χ4v) is 4.71. The van der Waals surface area contributed by atoms with Crippen molar-refractivity contribution >= 4 is 27.0 Å². The first-order valence-electron chi connectivity index (χ1n) is 10.5. The molecular weight excluding hydrogens is 456 g/mol. The summed E-state index contributed by atoms with van der Waals surface area (Å²) in [5.74, 6) is 0.434. The van der Waals surface area contributed by atoms with E-state index in [0.29, 0.717) is 23.4 Å². The molecule has 5 rings (SSSR count). The molecule has 3 aromatic heterocycles. The lowest BCUT2D eigenvalue weighted by Gasteiger charge is -2.08. The number of hydrogen-bond acceptors (Lipinski definition) is 5. The highest BCUT2D eigenvalue weighted by atomic mass is 32.2. The summed E-state index contributed by atoms with van der Waals surface area (Å²) in [6.07, 6.45) is 2.31. The minimum absolute atomic E-state index is 0.00529. The zero-order valence-electron chi connectivity index (χ0n) is 18.5. The molecule has 2 N–H and O–H groups in total. The number of benzene rings is 2. The lowest BCUT2D eigenvalue weighted by molar-refractivity contribution is 0.598. The second-order valence-electron chi connectivity index (χ2n) is 8.13. The number of nitrogens with two attached hydrogens (primary N) is 1. The van der Waals surface area contributed by atoms with Crippen LogP contribution in [0, 0.1) is 6.92 Å². The second kappa shape index (κ2) is 7.82. The molecular formula is C23H22N6O4S. The Morgan fingerprint density at radius 1 is 1.00 bits per heavy atom. The van der Waals surface area contributed by atoms with Gasteiger partial charge in [-0.1, -0.05) is 30.3 Å². The van der Waals surface area contributed by atoms with Crippen molar-refractivity contribution in [3.05, 3.63) is 92.9 Å². The van der Waals surface area contributed by atoms with Gasteiger partial charge in [0, 0.05) is 31.2 Å². The van der Waals surface area contributed by atoms with Gasteiger partial charge in [0.05, 0.1) is 4.90 Å². The lowest BCUT2D eigenvalue weighted by atomic mass is 10.1. The number of aryl methyl sites for hydroxylation is 3. The third kappa shape index (κ3) is 3.45. The summed E-state index contributed by atoms with van der Waals surface area (Å²) in [5.41, 5.74) is 2.17. The number of rotatable bonds is 5. The Bertz CT molecular complexity index is 1780. The molecule has 174 valence electrons. The fraction of sp³-hybridized carbons (Fsp3) is 0.174. The Morgan fingerprint density at radius 3 is 2.32 bits per heavy atom. The van der Waals surface area contributed by atoms with Crippen LogP contribution in [0.5, 0.6) is 0 Å². The predicted molar refractivity (Wildman–Crippen MR) is 128 cm³/mol. The minimum Gasteiger partial charge on any atom is -0.283 e. The third-order valence-electron chi connectivity index (χ3n) is 5.92. The lowest BCUT2D eigenvalue weighted by Crippen LogP contribution is -2.39. The standard InChI is InChI=1S/C23H22N6O4S/c1-15-14-28-19-20(25-22(28)29(15)17-8-10-18(11-9-17)34(24,32)33)26(2)23(31)27(21(19)30)13-12-16-6-4-3-5-7-16/h3-11,14H,12-13H2,1-2H3,(H2,24,32,33). The first kappa shape index (κ1) is 21.9. The van der Waals surface area contributed by atoms with E-state index < -0.39 is 21.3 Å². The Balaban J connectivity index is 1.68. The summed E-state index contributed by atoms with van der Waals surface area (Å²) in [6, 6.07) is 15.7. The number of sulfonamides is 1. The normalized spacial score (nSPS) is 12.1. The molecule has 0 unspecified atom stereocenters. The van der Waals surface area contributed by atoms with Gasteiger partial charge < -0.3 is 0 Å². The van der Waals surface area contributed by atoms with Gasteiger partial charge in [-0.15, -0.1) is 0 Å². The molecule has 0 atom stereocenters. The molecule has 0 aliphatic heterocycles. The van der Waals surface area contributed by atoms with Gasteiger partial charge in [-0.2, -0.15) is 4.98 Å². The van der Waals surface area contributed by atoms with E-state index >= 15 is 0 Å². The highest BCUT2D eigenvalue weighted by molar-refractivity contribution is 7.89. The van der Waals surface area contributed by atoms with E-state index in [0.717, 1.165) is 11.3 Å². The summed E-state index contributed by atoms with van der Waals surface area (Å²) < 4.78 is 29.2. The maximum Gasteiger partial charge on any atom is 0.332 e. The van der Waals surface area contributed by atoms with Crippen molar-refractivity contribution in [3.8, 4) is 5.69 Å². The van der Waals surface area contributed by atoms with Gasteiger partial charge >= 0.3 is 5.69 Å². The molecule has 0 amide bonds. The van der Waals surface area contributed by atoms with Gasteiger partial charge in [-0.25, -0.2) is 18.4 Å². The molecule has 3 heterocycles.